The molecule has 5 nitrogen and oxygen atoms in total. The molecule has 0 unspecified atom stereocenters. The van der Waals surface area contributed by atoms with Gasteiger partial charge in [-0.3, -0.25) is 5.32 Å². The molecule has 0 bridgehead atoms. The Hall–Kier alpha value is -1.62. The topological polar surface area (TPSA) is 80.0 Å². The molecule has 0 atom stereocenters. The summed E-state index contributed by atoms with van der Waals surface area (Å²) in [6.45, 7) is 2.76. The number of aromatic nitrogens is 1. The van der Waals surface area contributed by atoms with Gasteiger partial charge in [0.05, 0.1) is 0 Å². The fraction of sp³-hybridized carbons (Fsp3) is 0.333. The van der Waals surface area contributed by atoms with Gasteiger partial charge in [-0.25, -0.2) is 9.78 Å². The van der Waals surface area contributed by atoms with E-state index in [1.165, 1.54) is 0 Å². The van der Waals surface area contributed by atoms with Crippen molar-refractivity contribution in [2.75, 3.05) is 18.4 Å². The summed E-state index contributed by atoms with van der Waals surface area (Å²) in [5.41, 5.74) is 6.17. The van der Waals surface area contributed by atoms with E-state index in [1.807, 2.05) is 19.1 Å². The highest BCUT2D eigenvalue weighted by atomic mass is 16.2. The molecule has 0 aliphatic carbocycles. The number of nitrogens with one attached hydrogen (secondary N) is 2. The van der Waals surface area contributed by atoms with Gasteiger partial charge in [-0.1, -0.05) is 6.07 Å². The van der Waals surface area contributed by atoms with Crippen LogP contribution in [0.1, 0.15) is 5.56 Å². The predicted octanol–water partition coefficient (Wildman–Crippen LogP) is 0.470. The van der Waals surface area contributed by atoms with Crippen molar-refractivity contribution in [1.82, 2.24) is 10.3 Å². The number of carbonyl (C=O) groups excluding carboxylic acids is 1. The molecular weight excluding hydrogens is 180 g/mol. The van der Waals surface area contributed by atoms with E-state index in [4.69, 9.17) is 5.73 Å². The molecule has 0 radical (unpaired) electrons. The number of carbonyl (C=O) groups is 1. The second-order valence-corrected chi connectivity index (χ2v) is 2.84. The minimum Gasteiger partial charge on any atom is -0.337 e. The fourth-order valence-electron chi connectivity index (χ4n) is 0.954. The Kier molecular flexibility index (Phi) is 3.87. The van der Waals surface area contributed by atoms with Crippen molar-refractivity contribution in [3.63, 3.8) is 0 Å². The molecule has 4 N–H and O–H groups in total. The number of hydrogen-bond acceptors (Lipinski definition) is 3. The third kappa shape index (κ3) is 3.02. The van der Waals surface area contributed by atoms with Gasteiger partial charge in [-0.15, -0.1) is 0 Å². The first kappa shape index (κ1) is 10.5. The van der Waals surface area contributed by atoms with Gasteiger partial charge in [0.2, 0.25) is 0 Å². The van der Waals surface area contributed by atoms with Crippen LogP contribution in [0.3, 0.4) is 0 Å². The van der Waals surface area contributed by atoms with Gasteiger partial charge >= 0.3 is 6.03 Å². The van der Waals surface area contributed by atoms with E-state index in [0.717, 1.165) is 5.56 Å². The third-order valence-corrected chi connectivity index (χ3v) is 1.67. The van der Waals surface area contributed by atoms with E-state index in [-0.39, 0.29) is 6.03 Å². The lowest BCUT2D eigenvalue weighted by atomic mass is 10.3. The van der Waals surface area contributed by atoms with E-state index in [2.05, 4.69) is 15.6 Å². The lowest BCUT2D eigenvalue weighted by Gasteiger charge is -2.07. The quantitative estimate of drug-likeness (QED) is 0.654. The van der Waals surface area contributed by atoms with Crippen LogP contribution < -0.4 is 16.4 Å². The maximum absolute atomic E-state index is 11.2. The summed E-state index contributed by atoms with van der Waals surface area (Å²) in [7, 11) is 0. The van der Waals surface area contributed by atoms with Gasteiger partial charge in [-0.2, -0.15) is 0 Å². The first-order valence-corrected chi connectivity index (χ1v) is 4.40. The van der Waals surface area contributed by atoms with Crippen LogP contribution >= 0.6 is 0 Å². The van der Waals surface area contributed by atoms with Crippen LogP contribution in [-0.4, -0.2) is 24.1 Å². The van der Waals surface area contributed by atoms with E-state index >= 15 is 0 Å². The summed E-state index contributed by atoms with van der Waals surface area (Å²) in [4.78, 5) is 15.2. The highest BCUT2D eigenvalue weighted by molar-refractivity contribution is 5.88. The van der Waals surface area contributed by atoms with Crippen LogP contribution in [0.2, 0.25) is 0 Å². The minimum atomic E-state index is -0.280. The van der Waals surface area contributed by atoms with Crippen LogP contribution in [0.25, 0.3) is 0 Å². The van der Waals surface area contributed by atoms with Crippen molar-refractivity contribution >= 4 is 11.8 Å². The zero-order valence-corrected chi connectivity index (χ0v) is 8.08. The van der Waals surface area contributed by atoms with Crippen LogP contribution in [0.5, 0.6) is 0 Å². The van der Waals surface area contributed by atoms with E-state index in [1.54, 1.807) is 6.20 Å². The Morgan fingerprint density at radius 3 is 3.07 bits per heavy atom. The first-order valence-electron chi connectivity index (χ1n) is 4.40. The third-order valence-electron chi connectivity index (χ3n) is 1.67. The minimum absolute atomic E-state index is 0.280. The maximum Gasteiger partial charge on any atom is 0.320 e. The lowest BCUT2D eigenvalue weighted by Crippen LogP contribution is -2.33. The molecule has 5 heteroatoms. The predicted molar refractivity (Wildman–Crippen MR) is 55.0 cm³/mol. The van der Waals surface area contributed by atoms with Gasteiger partial charge in [0.15, 0.2) is 0 Å². The van der Waals surface area contributed by atoms with Crippen LogP contribution in [0, 0.1) is 6.92 Å². The first-order chi connectivity index (χ1) is 6.74. The van der Waals surface area contributed by atoms with E-state index in [9.17, 15) is 4.79 Å². The normalized spacial score (nSPS) is 9.57. The molecule has 0 saturated heterocycles. The molecule has 0 aromatic carbocycles. The van der Waals surface area contributed by atoms with E-state index < -0.39 is 0 Å². The van der Waals surface area contributed by atoms with Gasteiger partial charge in [0.1, 0.15) is 5.82 Å². The smallest absolute Gasteiger partial charge is 0.320 e. The Labute approximate surface area is 82.7 Å². The summed E-state index contributed by atoms with van der Waals surface area (Å²) in [6, 6.07) is 3.42. The molecule has 2 amide bonds. The van der Waals surface area contributed by atoms with Crippen LogP contribution in [0.4, 0.5) is 10.6 Å². The fourth-order valence-corrected chi connectivity index (χ4v) is 0.954. The number of aryl methyl sites for hydroxylation is 1. The molecule has 0 saturated carbocycles. The number of anilines is 1. The number of urea groups is 1. The monoisotopic (exact) mass is 194 g/mol. The molecule has 1 rings (SSSR count). The molecule has 14 heavy (non-hydrogen) atoms. The van der Waals surface area contributed by atoms with Gasteiger partial charge < -0.3 is 11.1 Å². The molecule has 76 valence electrons. The van der Waals surface area contributed by atoms with Gasteiger partial charge in [-0.05, 0) is 18.6 Å². The van der Waals surface area contributed by atoms with Crippen molar-refractivity contribution in [3.8, 4) is 0 Å². The molecule has 0 fully saturated rings. The molecule has 1 aromatic rings. The van der Waals surface area contributed by atoms with Crippen LogP contribution in [-0.2, 0) is 0 Å². The van der Waals surface area contributed by atoms with Crippen molar-refractivity contribution < 1.29 is 4.79 Å². The zero-order chi connectivity index (χ0) is 10.4. The Morgan fingerprint density at radius 1 is 1.64 bits per heavy atom. The molecule has 1 aromatic heterocycles. The number of pyridine rings is 1. The SMILES string of the molecule is Cc1cccnc1NC(=O)NCCN. The second-order valence-electron chi connectivity index (χ2n) is 2.84. The molecule has 0 aliphatic heterocycles. The average Bonchev–Trinajstić information content (AvgIpc) is 2.18. The number of rotatable bonds is 3. The number of amides is 2. The summed E-state index contributed by atoms with van der Waals surface area (Å²) in [5, 5.41) is 5.22. The molecule has 0 spiro atoms. The second kappa shape index (κ2) is 5.18. The summed E-state index contributed by atoms with van der Waals surface area (Å²) in [6.07, 6.45) is 1.63. The van der Waals surface area contributed by atoms with E-state index in [0.29, 0.717) is 18.9 Å². The maximum atomic E-state index is 11.2. The number of hydrogen-bond donors (Lipinski definition) is 3. The molecular formula is C9H14N4O. The van der Waals surface area contributed by atoms with Crippen molar-refractivity contribution in [2.24, 2.45) is 5.73 Å². The van der Waals surface area contributed by atoms with Crippen LogP contribution in [0.15, 0.2) is 18.3 Å². The highest BCUT2D eigenvalue weighted by Gasteiger charge is 2.02. The average molecular weight is 194 g/mol. The van der Waals surface area contributed by atoms with Gasteiger partial charge in [0, 0.05) is 19.3 Å². The highest BCUT2D eigenvalue weighted by Crippen LogP contribution is 2.08. The lowest BCUT2D eigenvalue weighted by molar-refractivity contribution is 0.252. The summed E-state index contributed by atoms with van der Waals surface area (Å²) in [5.74, 6) is 0.571. The largest absolute Gasteiger partial charge is 0.337 e. The number of nitrogens with zero attached hydrogens (tertiary/aromatic N) is 1. The standard InChI is InChI=1S/C9H14N4O/c1-7-3-2-5-11-8(7)13-9(14)12-6-4-10/h2-3,5H,4,6,10H2,1H3,(H2,11,12,13,14). The molecule has 0 aliphatic rings. The Balaban J connectivity index is 2.52. The Morgan fingerprint density at radius 2 is 2.43 bits per heavy atom. The van der Waals surface area contributed by atoms with Crippen molar-refractivity contribution in [3.05, 3.63) is 23.9 Å². The summed E-state index contributed by atoms with van der Waals surface area (Å²) < 4.78 is 0. The number of nitrogens with two attached hydrogens (primary N) is 1. The van der Waals surface area contributed by atoms with Crippen molar-refractivity contribution in [1.29, 1.82) is 0 Å². The zero-order valence-electron chi connectivity index (χ0n) is 8.08. The molecule has 1 heterocycles. The van der Waals surface area contributed by atoms with Gasteiger partial charge in [0.25, 0.3) is 0 Å². The Bertz CT molecular complexity index is 313. The summed E-state index contributed by atoms with van der Waals surface area (Å²) >= 11 is 0. The van der Waals surface area contributed by atoms with Crippen molar-refractivity contribution in [2.45, 2.75) is 6.92 Å².